The van der Waals surface area contributed by atoms with Crippen molar-refractivity contribution in [2.45, 2.75) is 37.4 Å². The molecule has 164 valence electrons. The van der Waals surface area contributed by atoms with E-state index in [1.54, 1.807) is 0 Å². The van der Waals surface area contributed by atoms with E-state index in [1.807, 2.05) is 48.5 Å². The van der Waals surface area contributed by atoms with Crippen LogP contribution in [0, 0.1) is 0 Å². The largest absolute Gasteiger partial charge is 0.482 e. The maximum atomic E-state index is 6.60. The van der Waals surface area contributed by atoms with E-state index >= 15 is 0 Å². The number of hydrogen-bond donors (Lipinski definition) is 0. The number of hydrogen-bond acceptors (Lipinski definition) is 6. The van der Waals surface area contributed by atoms with Gasteiger partial charge in [-0.3, -0.25) is 0 Å². The molecule has 1 aromatic heterocycles. The van der Waals surface area contributed by atoms with Crippen molar-refractivity contribution < 1.29 is 14.0 Å². The molecule has 0 N–H and O–H groups in total. The van der Waals surface area contributed by atoms with Gasteiger partial charge < -0.3 is 18.9 Å². The fourth-order valence-corrected chi connectivity index (χ4v) is 5.02. The van der Waals surface area contributed by atoms with Crippen molar-refractivity contribution in [2.75, 3.05) is 26.2 Å². The standard InChI is InChI=1S/C26H27N3O3/c1-2-7-19(8-3-1)24-27-25(32-28-24)22-17-26(31-23-11-5-4-10-21(22)23)12-14-29(15-13-26)18-20-9-6-16-30-20/h1-5,7-8,10-11,17,20H,6,9,12-16,18H2. The molecule has 3 aliphatic rings. The van der Waals surface area contributed by atoms with Crippen LogP contribution in [0.3, 0.4) is 0 Å². The fraction of sp³-hybridized carbons (Fsp3) is 0.385. The molecule has 2 saturated heterocycles. The lowest BCUT2D eigenvalue weighted by Gasteiger charge is -2.43. The van der Waals surface area contributed by atoms with Crippen molar-refractivity contribution in [1.82, 2.24) is 15.0 Å². The van der Waals surface area contributed by atoms with Crippen LogP contribution in [0.1, 0.15) is 37.1 Å². The lowest BCUT2D eigenvalue weighted by molar-refractivity contribution is 0.0131. The minimum Gasteiger partial charge on any atom is -0.482 e. The van der Waals surface area contributed by atoms with Gasteiger partial charge in [0.1, 0.15) is 11.4 Å². The first-order valence-corrected chi connectivity index (χ1v) is 11.5. The van der Waals surface area contributed by atoms with Crippen LogP contribution in [-0.2, 0) is 4.74 Å². The zero-order chi connectivity index (χ0) is 21.4. The van der Waals surface area contributed by atoms with Crippen LogP contribution in [0.15, 0.2) is 65.2 Å². The van der Waals surface area contributed by atoms with Gasteiger partial charge in [0.05, 0.1) is 11.7 Å². The molecule has 6 heteroatoms. The molecule has 0 bridgehead atoms. The molecule has 3 aromatic rings. The number of para-hydroxylation sites is 1. The third-order valence-corrected chi connectivity index (χ3v) is 6.77. The molecular weight excluding hydrogens is 402 g/mol. The van der Waals surface area contributed by atoms with Crippen molar-refractivity contribution in [3.63, 3.8) is 0 Å². The number of likely N-dealkylation sites (tertiary alicyclic amines) is 1. The van der Waals surface area contributed by atoms with Gasteiger partial charge in [-0.2, -0.15) is 4.98 Å². The third kappa shape index (κ3) is 3.74. The van der Waals surface area contributed by atoms with Crippen LogP contribution < -0.4 is 4.74 Å². The van der Waals surface area contributed by atoms with E-state index in [-0.39, 0.29) is 5.60 Å². The number of aromatic nitrogens is 2. The highest BCUT2D eigenvalue weighted by molar-refractivity contribution is 5.81. The Hall–Kier alpha value is -2.96. The van der Waals surface area contributed by atoms with Crippen LogP contribution in [0.2, 0.25) is 0 Å². The van der Waals surface area contributed by atoms with Gasteiger partial charge in [0.15, 0.2) is 0 Å². The first kappa shape index (κ1) is 19.7. The summed E-state index contributed by atoms with van der Waals surface area (Å²) in [4.78, 5) is 7.25. The van der Waals surface area contributed by atoms with Gasteiger partial charge in [-0.15, -0.1) is 0 Å². The Morgan fingerprint density at radius 1 is 1.00 bits per heavy atom. The average molecular weight is 430 g/mol. The van der Waals surface area contributed by atoms with Crippen LogP contribution in [0.5, 0.6) is 5.75 Å². The second-order valence-electron chi connectivity index (χ2n) is 8.95. The van der Waals surface area contributed by atoms with Crippen LogP contribution >= 0.6 is 0 Å². The van der Waals surface area contributed by atoms with E-state index in [9.17, 15) is 0 Å². The zero-order valence-corrected chi connectivity index (χ0v) is 18.1. The van der Waals surface area contributed by atoms with Crippen molar-refractivity contribution >= 4 is 5.57 Å². The first-order valence-electron chi connectivity index (χ1n) is 11.5. The molecular formula is C26H27N3O3. The van der Waals surface area contributed by atoms with Gasteiger partial charge in [-0.05, 0) is 25.0 Å². The molecule has 2 aromatic carbocycles. The topological polar surface area (TPSA) is 60.6 Å². The summed E-state index contributed by atoms with van der Waals surface area (Å²) in [6, 6.07) is 18.1. The molecule has 0 saturated carbocycles. The van der Waals surface area contributed by atoms with Gasteiger partial charge in [-0.1, -0.05) is 53.7 Å². The molecule has 3 aliphatic heterocycles. The summed E-state index contributed by atoms with van der Waals surface area (Å²) in [5, 5.41) is 4.25. The molecule has 32 heavy (non-hydrogen) atoms. The second kappa shape index (κ2) is 8.19. The Morgan fingerprint density at radius 2 is 1.81 bits per heavy atom. The van der Waals surface area contributed by atoms with Crippen LogP contribution in [-0.4, -0.2) is 53.0 Å². The number of fused-ring (bicyclic) bond motifs is 1. The van der Waals surface area contributed by atoms with Crippen molar-refractivity contribution in [1.29, 1.82) is 0 Å². The predicted molar refractivity (Wildman–Crippen MR) is 121 cm³/mol. The predicted octanol–water partition coefficient (Wildman–Crippen LogP) is 4.57. The lowest BCUT2D eigenvalue weighted by atomic mass is 9.84. The van der Waals surface area contributed by atoms with E-state index in [0.717, 1.165) is 61.5 Å². The maximum Gasteiger partial charge on any atom is 0.258 e. The van der Waals surface area contributed by atoms with Gasteiger partial charge >= 0.3 is 0 Å². The first-order chi connectivity index (χ1) is 15.8. The number of nitrogens with zero attached hydrogens (tertiary/aromatic N) is 3. The Labute approximate surface area is 187 Å². The minimum absolute atomic E-state index is 0.349. The normalized spacial score (nSPS) is 22.4. The Bertz CT molecular complexity index is 1110. The smallest absolute Gasteiger partial charge is 0.258 e. The quantitative estimate of drug-likeness (QED) is 0.605. The highest BCUT2D eigenvalue weighted by atomic mass is 16.5. The summed E-state index contributed by atoms with van der Waals surface area (Å²) in [5.41, 5.74) is 2.57. The van der Waals surface area contributed by atoms with Crippen LogP contribution in [0.25, 0.3) is 17.0 Å². The number of benzene rings is 2. The average Bonchev–Trinajstić information content (AvgIpc) is 3.53. The molecule has 4 heterocycles. The molecule has 6 nitrogen and oxygen atoms in total. The molecule has 0 amide bonds. The fourth-order valence-electron chi connectivity index (χ4n) is 5.02. The lowest BCUT2D eigenvalue weighted by Crippen LogP contribution is -2.49. The summed E-state index contributed by atoms with van der Waals surface area (Å²) in [6.45, 7) is 3.91. The molecule has 0 aliphatic carbocycles. The van der Waals surface area contributed by atoms with E-state index < -0.39 is 0 Å². The highest BCUT2D eigenvalue weighted by Crippen LogP contribution is 2.43. The monoisotopic (exact) mass is 429 g/mol. The van der Waals surface area contributed by atoms with Crippen molar-refractivity contribution in [2.24, 2.45) is 0 Å². The third-order valence-electron chi connectivity index (χ3n) is 6.77. The van der Waals surface area contributed by atoms with E-state index in [2.05, 4.69) is 22.2 Å². The SMILES string of the molecule is C1=C(c2nc(-c3ccccc3)no2)c2ccccc2OC12CCN(CC1CCCO1)CC2. The van der Waals surface area contributed by atoms with Crippen molar-refractivity contribution in [3.05, 3.63) is 72.1 Å². The van der Waals surface area contributed by atoms with E-state index in [0.29, 0.717) is 17.8 Å². The Balaban J connectivity index is 1.28. The number of ether oxygens (including phenoxy) is 2. The summed E-state index contributed by atoms with van der Waals surface area (Å²) in [7, 11) is 0. The molecule has 0 radical (unpaired) electrons. The van der Waals surface area contributed by atoms with Gasteiger partial charge in [0, 0.05) is 50.2 Å². The summed E-state index contributed by atoms with van der Waals surface area (Å²) in [5.74, 6) is 2.03. The van der Waals surface area contributed by atoms with Gasteiger partial charge in [0.25, 0.3) is 5.89 Å². The van der Waals surface area contributed by atoms with Crippen LogP contribution in [0.4, 0.5) is 0 Å². The zero-order valence-electron chi connectivity index (χ0n) is 18.1. The van der Waals surface area contributed by atoms with E-state index in [4.69, 9.17) is 19.0 Å². The molecule has 1 unspecified atom stereocenters. The molecule has 1 spiro atoms. The molecule has 2 fully saturated rings. The summed E-state index contributed by atoms with van der Waals surface area (Å²) in [6.07, 6.45) is 6.83. The second-order valence-corrected chi connectivity index (χ2v) is 8.95. The van der Waals surface area contributed by atoms with E-state index in [1.165, 1.54) is 12.8 Å². The maximum absolute atomic E-state index is 6.60. The number of rotatable bonds is 4. The van der Waals surface area contributed by atoms with Gasteiger partial charge in [-0.25, -0.2) is 0 Å². The summed E-state index contributed by atoms with van der Waals surface area (Å²) >= 11 is 0. The van der Waals surface area contributed by atoms with Gasteiger partial charge in [0.2, 0.25) is 5.82 Å². The highest BCUT2D eigenvalue weighted by Gasteiger charge is 2.40. The molecule has 6 rings (SSSR count). The minimum atomic E-state index is -0.349. The Morgan fingerprint density at radius 3 is 2.62 bits per heavy atom. The Kier molecular flexibility index (Phi) is 5.04. The number of piperidine rings is 1. The summed E-state index contributed by atoms with van der Waals surface area (Å²) < 4.78 is 18.2. The molecule has 1 atom stereocenters. The van der Waals surface area contributed by atoms with Crippen molar-refractivity contribution in [3.8, 4) is 17.1 Å².